The lowest BCUT2D eigenvalue weighted by molar-refractivity contribution is -0.385. The van der Waals surface area contributed by atoms with E-state index >= 15 is 0 Å². The molecule has 0 heterocycles. The molecule has 0 aliphatic carbocycles. The van der Waals surface area contributed by atoms with Gasteiger partial charge in [0.15, 0.2) is 5.75 Å². The van der Waals surface area contributed by atoms with E-state index in [2.05, 4.69) is 31.3 Å². The highest BCUT2D eigenvalue weighted by Crippen LogP contribution is 2.26. The van der Waals surface area contributed by atoms with Crippen LogP contribution in [-0.2, 0) is 5.41 Å². The van der Waals surface area contributed by atoms with Crippen molar-refractivity contribution in [2.24, 2.45) is 5.10 Å². The van der Waals surface area contributed by atoms with Gasteiger partial charge in [-0.25, -0.2) is 5.43 Å². The van der Waals surface area contributed by atoms with Crippen molar-refractivity contribution in [3.63, 3.8) is 0 Å². The normalized spacial score (nSPS) is 11.4. The molecular formula is C19H21N3O4. The van der Waals surface area contributed by atoms with E-state index < -0.39 is 4.92 Å². The lowest BCUT2D eigenvalue weighted by atomic mass is 9.87. The first-order valence-electron chi connectivity index (χ1n) is 7.99. The van der Waals surface area contributed by atoms with Crippen LogP contribution in [0.15, 0.2) is 47.6 Å². The zero-order valence-electron chi connectivity index (χ0n) is 15.1. The van der Waals surface area contributed by atoms with Crippen LogP contribution in [0.4, 0.5) is 5.69 Å². The van der Waals surface area contributed by atoms with Gasteiger partial charge in [-0.1, -0.05) is 32.9 Å². The molecule has 136 valence electrons. The molecule has 0 bridgehead atoms. The van der Waals surface area contributed by atoms with E-state index in [0.29, 0.717) is 11.1 Å². The molecule has 0 saturated heterocycles. The Kier molecular flexibility index (Phi) is 5.71. The summed E-state index contributed by atoms with van der Waals surface area (Å²) >= 11 is 0. The topological polar surface area (TPSA) is 93.8 Å². The van der Waals surface area contributed by atoms with Crippen molar-refractivity contribution < 1.29 is 14.5 Å². The molecule has 0 unspecified atom stereocenters. The van der Waals surface area contributed by atoms with E-state index in [-0.39, 0.29) is 22.8 Å². The number of nitrogens with one attached hydrogen (secondary N) is 1. The third-order valence-electron chi connectivity index (χ3n) is 3.79. The van der Waals surface area contributed by atoms with E-state index in [1.165, 1.54) is 25.5 Å². The molecular weight excluding hydrogens is 334 g/mol. The van der Waals surface area contributed by atoms with Crippen molar-refractivity contribution in [3.05, 3.63) is 69.3 Å². The first-order valence-corrected chi connectivity index (χ1v) is 7.99. The number of methoxy groups -OCH3 is 1. The fraction of sp³-hybridized carbons (Fsp3) is 0.263. The van der Waals surface area contributed by atoms with Crippen molar-refractivity contribution >= 4 is 17.8 Å². The molecule has 1 amide bonds. The predicted octanol–water partition coefficient (Wildman–Crippen LogP) is 3.66. The average molecular weight is 355 g/mol. The Morgan fingerprint density at radius 2 is 1.85 bits per heavy atom. The molecule has 0 saturated carbocycles. The lowest BCUT2D eigenvalue weighted by Gasteiger charge is -2.18. The van der Waals surface area contributed by atoms with E-state index in [9.17, 15) is 14.9 Å². The fourth-order valence-electron chi connectivity index (χ4n) is 2.28. The number of nitrogens with zero attached hydrogens (tertiary/aromatic N) is 2. The highest BCUT2D eigenvalue weighted by atomic mass is 16.6. The SMILES string of the molecule is COc1ccc(C=NNC(=O)c2ccc(C(C)(C)C)cc2)cc1[N+](=O)[O-]. The van der Waals surface area contributed by atoms with Gasteiger partial charge in [0.2, 0.25) is 0 Å². The molecule has 1 N–H and O–H groups in total. The van der Waals surface area contributed by atoms with Crippen LogP contribution in [0.2, 0.25) is 0 Å². The van der Waals surface area contributed by atoms with Gasteiger partial charge in [0.1, 0.15) is 0 Å². The maximum Gasteiger partial charge on any atom is 0.311 e. The van der Waals surface area contributed by atoms with Gasteiger partial charge < -0.3 is 4.74 Å². The second kappa shape index (κ2) is 7.77. The molecule has 0 spiro atoms. The first kappa shape index (κ1) is 19.1. The van der Waals surface area contributed by atoms with Crippen LogP contribution in [0.1, 0.15) is 42.3 Å². The van der Waals surface area contributed by atoms with Gasteiger partial charge in [0.05, 0.1) is 18.2 Å². The molecule has 0 aliphatic rings. The minimum Gasteiger partial charge on any atom is -0.490 e. The van der Waals surface area contributed by atoms with E-state index in [0.717, 1.165) is 5.56 Å². The second-order valence-corrected chi connectivity index (χ2v) is 6.71. The molecule has 7 nitrogen and oxygen atoms in total. The minimum atomic E-state index is -0.536. The van der Waals surface area contributed by atoms with Crippen molar-refractivity contribution in [1.29, 1.82) is 0 Å². The standard InChI is InChI=1S/C19H21N3O4/c1-19(2,3)15-8-6-14(7-9-15)18(23)21-20-12-13-5-10-17(26-4)16(11-13)22(24)25/h5-12H,1-4H3,(H,21,23). The number of hydrazone groups is 1. The van der Waals surface area contributed by atoms with Crippen LogP contribution in [0.3, 0.4) is 0 Å². The van der Waals surface area contributed by atoms with Gasteiger partial charge in [-0.05, 0) is 35.2 Å². The largest absolute Gasteiger partial charge is 0.490 e. The van der Waals surface area contributed by atoms with Gasteiger partial charge in [-0.15, -0.1) is 0 Å². The molecule has 0 aromatic heterocycles. The Balaban J connectivity index is 2.07. The van der Waals surface area contributed by atoms with E-state index in [1.807, 2.05) is 12.1 Å². The van der Waals surface area contributed by atoms with Gasteiger partial charge >= 0.3 is 5.69 Å². The molecule has 0 aliphatic heterocycles. The summed E-state index contributed by atoms with van der Waals surface area (Å²) in [7, 11) is 1.36. The Morgan fingerprint density at radius 3 is 2.38 bits per heavy atom. The summed E-state index contributed by atoms with van der Waals surface area (Å²) in [5.41, 5.74) is 4.34. The summed E-state index contributed by atoms with van der Waals surface area (Å²) in [5, 5.41) is 14.9. The van der Waals surface area contributed by atoms with Gasteiger partial charge in [-0.2, -0.15) is 5.10 Å². The molecule has 7 heteroatoms. The summed E-state index contributed by atoms with van der Waals surface area (Å²) < 4.78 is 4.94. The number of hydrogen-bond acceptors (Lipinski definition) is 5. The number of nitro groups is 1. The smallest absolute Gasteiger partial charge is 0.311 e. The number of carbonyl (C=O) groups is 1. The van der Waals surface area contributed by atoms with Crippen molar-refractivity contribution in [1.82, 2.24) is 5.43 Å². The lowest BCUT2D eigenvalue weighted by Crippen LogP contribution is -2.18. The van der Waals surface area contributed by atoms with Crippen LogP contribution in [0.25, 0.3) is 0 Å². The van der Waals surface area contributed by atoms with Crippen LogP contribution in [0, 0.1) is 10.1 Å². The number of rotatable bonds is 5. The highest BCUT2D eigenvalue weighted by molar-refractivity contribution is 5.95. The van der Waals surface area contributed by atoms with Gasteiger partial charge in [0, 0.05) is 17.2 Å². The molecule has 2 aromatic rings. The Hall–Kier alpha value is -3.22. The molecule has 26 heavy (non-hydrogen) atoms. The Bertz CT molecular complexity index is 837. The average Bonchev–Trinajstić information content (AvgIpc) is 2.60. The summed E-state index contributed by atoms with van der Waals surface area (Å²) in [6, 6.07) is 11.7. The molecule has 0 atom stereocenters. The zero-order valence-corrected chi connectivity index (χ0v) is 15.1. The van der Waals surface area contributed by atoms with E-state index in [1.54, 1.807) is 18.2 Å². The number of carbonyl (C=O) groups excluding carboxylic acids is 1. The number of benzene rings is 2. The predicted molar refractivity (Wildman–Crippen MR) is 99.9 cm³/mol. The van der Waals surface area contributed by atoms with Crippen LogP contribution < -0.4 is 10.2 Å². The van der Waals surface area contributed by atoms with Gasteiger partial charge in [0.25, 0.3) is 5.91 Å². The van der Waals surface area contributed by atoms with E-state index in [4.69, 9.17) is 4.74 Å². The number of nitro benzene ring substituents is 1. The van der Waals surface area contributed by atoms with Crippen molar-refractivity contribution in [2.75, 3.05) is 7.11 Å². The quantitative estimate of drug-likeness (QED) is 0.503. The first-order chi connectivity index (χ1) is 12.2. The van der Waals surface area contributed by atoms with Crippen molar-refractivity contribution in [2.45, 2.75) is 26.2 Å². The maximum atomic E-state index is 12.1. The van der Waals surface area contributed by atoms with Gasteiger partial charge in [-0.3, -0.25) is 14.9 Å². The fourth-order valence-corrected chi connectivity index (χ4v) is 2.28. The van der Waals surface area contributed by atoms with Crippen molar-refractivity contribution in [3.8, 4) is 5.75 Å². The number of hydrogen-bond donors (Lipinski definition) is 1. The summed E-state index contributed by atoms with van der Waals surface area (Å²) in [4.78, 5) is 22.6. The monoisotopic (exact) mass is 355 g/mol. The number of amides is 1. The molecule has 2 aromatic carbocycles. The third kappa shape index (κ3) is 4.66. The van der Waals surface area contributed by atoms with Crippen LogP contribution in [-0.4, -0.2) is 24.2 Å². The zero-order chi connectivity index (χ0) is 19.3. The summed E-state index contributed by atoms with van der Waals surface area (Å²) in [6.07, 6.45) is 1.34. The summed E-state index contributed by atoms with van der Waals surface area (Å²) in [6.45, 7) is 6.29. The molecule has 0 fully saturated rings. The Labute approximate surface area is 151 Å². The maximum absolute atomic E-state index is 12.1. The number of ether oxygens (including phenoxy) is 1. The third-order valence-corrected chi connectivity index (χ3v) is 3.79. The highest BCUT2D eigenvalue weighted by Gasteiger charge is 2.15. The van der Waals surface area contributed by atoms with Crippen LogP contribution in [0.5, 0.6) is 5.75 Å². The Morgan fingerprint density at radius 1 is 1.19 bits per heavy atom. The molecule has 2 rings (SSSR count). The molecule has 0 radical (unpaired) electrons. The van der Waals surface area contributed by atoms with Crippen LogP contribution >= 0.6 is 0 Å². The second-order valence-electron chi connectivity index (χ2n) is 6.71. The summed E-state index contributed by atoms with van der Waals surface area (Å²) in [5.74, 6) is -0.195. The minimum absolute atomic E-state index is 0.0102.